The molecule has 0 bridgehead atoms. The lowest BCUT2D eigenvalue weighted by atomic mass is 9.84. The van der Waals surface area contributed by atoms with E-state index in [4.69, 9.17) is 0 Å². The van der Waals surface area contributed by atoms with Crippen LogP contribution in [0, 0.1) is 5.82 Å². The summed E-state index contributed by atoms with van der Waals surface area (Å²) in [4.78, 5) is 12.0. The van der Waals surface area contributed by atoms with Gasteiger partial charge in [-0.1, -0.05) is 26.0 Å². The highest BCUT2D eigenvalue weighted by Crippen LogP contribution is 2.23. The fourth-order valence-corrected chi connectivity index (χ4v) is 1.65. The van der Waals surface area contributed by atoms with Crippen molar-refractivity contribution in [3.8, 4) is 0 Å². The predicted molar refractivity (Wildman–Crippen MR) is 75.6 cm³/mol. The molecule has 0 aliphatic rings. The smallest absolute Gasteiger partial charge is 0.239 e. The zero-order chi connectivity index (χ0) is 14.7. The molecule has 19 heavy (non-hydrogen) atoms. The molecule has 0 heterocycles. The molecule has 1 amide bonds. The monoisotopic (exact) mass is 266 g/mol. The van der Waals surface area contributed by atoms with Crippen molar-refractivity contribution in [1.82, 2.24) is 10.6 Å². The molecule has 0 aliphatic carbocycles. The number of hydrogen-bond donors (Lipinski definition) is 2. The molecule has 0 radical (unpaired) electrons. The van der Waals surface area contributed by atoms with Gasteiger partial charge in [0, 0.05) is 12.0 Å². The standard InChI is InChI=1S/C15H23FN2O/c1-14(2,11-7-6-8-12(16)9-11)10-18-13(19)15(3,4)17-5/h6-9,17H,10H2,1-5H3,(H,18,19). The summed E-state index contributed by atoms with van der Waals surface area (Å²) in [5.41, 5.74) is -0.0605. The summed E-state index contributed by atoms with van der Waals surface area (Å²) >= 11 is 0. The second-order valence-corrected chi connectivity index (χ2v) is 5.95. The molecule has 1 aromatic carbocycles. The van der Waals surface area contributed by atoms with Gasteiger partial charge < -0.3 is 10.6 Å². The average molecular weight is 266 g/mol. The zero-order valence-corrected chi connectivity index (χ0v) is 12.3. The number of carbonyl (C=O) groups excluding carboxylic acids is 1. The molecule has 0 aliphatic heterocycles. The summed E-state index contributed by atoms with van der Waals surface area (Å²) in [6, 6.07) is 6.49. The molecule has 3 nitrogen and oxygen atoms in total. The maximum absolute atomic E-state index is 13.2. The molecule has 1 rings (SSSR count). The number of likely N-dealkylation sites (N-methyl/N-ethyl adjacent to an activating group) is 1. The van der Waals surface area contributed by atoms with Gasteiger partial charge in [0.05, 0.1) is 5.54 Å². The minimum absolute atomic E-state index is 0.0699. The summed E-state index contributed by atoms with van der Waals surface area (Å²) in [6.07, 6.45) is 0. The van der Waals surface area contributed by atoms with Crippen LogP contribution in [0.2, 0.25) is 0 Å². The topological polar surface area (TPSA) is 41.1 Å². The highest BCUT2D eigenvalue weighted by atomic mass is 19.1. The second kappa shape index (κ2) is 5.70. The normalized spacial score (nSPS) is 12.3. The quantitative estimate of drug-likeness (QED) is 0.858. The van der Waals surface area contributed by atoms with Gasteiger partial charge in [0.1, 0.15) is 5.82 Å². The van der Waals surface area contributed by atoms with Crippen molar-refractivity contribution < 1.29 is 9.18 Å². The number of halogens is 1. The van der Waals surface area contributed by atoms with Crippen LogP contribution in [0.1, 0.15) is 33.3 Å². The molecule has 0 unspecified atom stereocenters. The highest BCUT2D eigenvalue weighted by Gasteiger charge is 2.28. The van der Waals surface area contributed by atoms with Crippen LogP contribution in [-0.2, 0) is 10.2 Å². The van der Waals surface area contributed by atoms with Crippen LogP contribution in [0.5, 0.6) is 0 Å². The minimum Gasteiger partial charge on any atom is -0.354 e. The van der Waals surface area contributed by atoms with Crippen molar-refractivity contribution in [2.75, 3.05) is 13.6 Å². The third-order valence-corrected chi connectivity index (χ3v) is 3.49. The highest BCUT2D eigenvalue weighted by molar-refractivity contribution is 5.85. The van der Waals surface area contributed by atoms with E-state index in [2.05, 4.69) is 10.6 Å². The van der Waals surface area contributed by atoms with Gasteiger partial charge in [0.25, 0.3) is 0 Å². The van der Waals surface area contributed by atoms with Gasteiger partial charge in [-0.15, -0.1) is 0 Å². The van der Waals surface area contributed by atoms with E-state index < -0.39 is 5.54 Å². The van der Waals surface area contributed by atoms with Crippen LogP contribution < -0.4 is 10.6 Å². The molecule has 4 heteroatoms. The number of carbonyl (C=O) groups is 1. The summed E-state index contributed by atoms with van der Waals surface area (Å²) in [5.74, 6) is -0.327. The maximum Gasteiger partial charge on any atom is 0.239 e. The lowest BCUT2D eigenvalue weighted by Crippen LogP contribution is -2.53. The van der Waals surface area contributed by atoms with Gasteiger partial charge in [-0.3, -0.25) is 4.79 Å². The Balaban J connectivity index is 2.73. The third-order valence-electron chi connectivity index (χ3n) is 3.49. The SMILES string of the molecule is CNC(C)(C)C(=O)NCC(C)(C)c1cccc(F)c1. The third kappa shape index (κ3) is 4.03. The van der Waals surface area contributed by atoms with E-state index in [1.54, 1.807) is 13.1 Å². The van der Waals surface area contributed by atoms with Crippen LogP contribution in [-0.4, -0.2) is 25.0 Å². The molecule has 0 saturated carbocycles. The molecular formula is C15H23FN2O. The Kier molecular flexibility index (Phi) is 4.69. The fourth-order valence-electron chi connectivity index (χ4n) is 1.65. The molecule has 0 spiro atoms. The summed E-state index contributed by atoms with van der Waals surface area (Å²) < 4.78 is 13.2. The van der Waals surface area contributed by atoms with Crippen molar-refractivity contribution in [1.29, 1.82) is 0 Å². The summed E-state index contributed by atoms with van der Waals surface area (Å²) in [5, 5.41) is 5.86. The lowest BCUT2D eigenvalue weighted by Gasteiger charge is -2.29. The Bertz CT molecular complexity index is 455. The maximum atomic E-state index is 13.2. The van der Waals surface area contributed by atoms with Gasteiger partial charge >= 0.3 is 0 Å². The second-order valence-electron chi connectivity index (χ2n) is 5.95. The summed E-state index contributed by atoms with van der Waals surface area (Å²) in [7, 11) is 1.75. The van der Waals surface area contributed by atoms with Gasteiger partial charge in [-0.05, 0) is 38.6 Å². The van der Waals surface area contributed by atoms with Crippen molar-refractivity contribution in [3.05, 3.63) is 35.6 Å². The fraction of sp³-hybridized carbons (Fsp3) is 0.533. The van der Waals surface area contributed by atoms with Gasteiger partial charge in [-0.2, -0.15) is 0 Å². The van der Waals surface area contributed by atoms with E-state index in [1.807, 2.05) is 33.8 Å². The lowest BCUT2D eigenvalue weighted by molar-refractivity contribution is -0.126. The summed E-state index contributed by atoms with van der Waals surface area (Å²) in [6.45, 7) is 8.05. The van der Waals surface area contributed by atoms with Crippen LogP contribution in [0.25, 0.3) is 0 Å². The van der Waals surface area contributed by atoms with E-state index in [1.165, 1.54) is 12.1 Å². The number of benzene rings is 1. The Hall–Kier alpha value is -1.42. The van der Waals surface area contributed by atoms with Gasteiger partial charge in [0.2, 0.25) is 5.91 Å². The number of hydrogen-bond acceptors (Lipinski definition) is 2. The Morgan fingerprint density at radius 3 is 2.42 bits per heavy atom. The average Bonchev–Trinajstić information content (AvgIpc) is 2.36. The predicted octanol–water partition coefficient (Wildman–Crippen LogP) is 2.22. The number of rotatable bonds is 5. The van der Waals surface area contributed by atoms with Crippen molar-refractivity contribution >= 4 is 5.91 Å². The van der Waals surface area contributed by atoms with Crippen molar-refractivity contribution in [3.63, 3.8) is 0 Å². The number of amides is 1. The Morgan fingerprint density at radius 1 is 1.26 bits per heavy atom. The first kappa shape index (κ1) is 15.6. The van der Waals surface area contributed by atoms with E-state index in [-0.39, 0.29) is 17.1 Å². The van der Waals surface area contributed by atoms with E-state index >= 15 is 0 Å². The van der Waals surface area contributed by atoms with Crippen LogP contribution in [0.3, 0.4) is 0 Å². The van der Waals surface area contributed by atoms with Crippen molar-refractivity contribution in [2.24, 2.45) is 0 Å². The van der Waals surface area contributed by atoms with E-state index in [9.17, 15) is 9.18 Å². The van der Waals surface area contributed by atoms with Gasteiger partial charge in [-0.25, -0.2) is 4.39 Å². The number of nitrogens with one attached hydrogen (secondary N) is 2. The molecule has 1 aromatic rings. The molecule has 0 saturated heterocycles. The largest absolute Gasteiger partial charge is 0.354 e. The van der Waals surface area contributed by atoms with Gasteiger partial charge in [0.15, 0.2) is 0 Å². The first-order valence-electron chi connectivity index (χ1n) is 6.42. The van der Waals surface area contributed by atoms with Crippen LogP contribution >= 0.6 is 0 Å². The van der Waals surface area contributed by atoms with Crippen LogP contribution in [0.15, 0.2) is 24.3 Å². The van der Waals surface area contributed by atoms with Crippen LogP contribution in [0.4, 0.5) is 4.39 Å². The first-order valence-corrected chi connectivity index (χ1v) is 6.42. The zero-order valence-electron chi connectivity index (χ0n) is 12.3. The molecule has 2 N–H and O–H groups in total. The Morgan fingerprint density at radius 2 is 1.89 bits per heavy atom. The Labute approximate surface area is 114 Å². The first-order chi connectivity index (χ1) is 8.69. The van der Waals surface area contributed by atoms with E-state index in [0.717, 1.165) is 5.56 Å². The molecule has 106 valence electrons. The van der Waals surface area contributed by atoms with E-state index in [0.29, 0.717) is 6.54 Å². The molecule has 0 atom stereocenters. The molecular weight excluding hydrogens is 243 g/mol. The molecule has 0 fully saturated rings. The minimum atomic E-state index is -0.613. The van der Waals surface area contributed by atoms with Crippen molar-refractivity contribution in [2.45, 2.75) is 38.6 Å². The molecule has 0 aromatic heterocycles.